The molecule has 0 saturated heterocycles. The maximum atomic E-state index is 11.6. The van der Waals surface area contributed by atoms with Crippen molar-refractivity contribution in [2.45, 2.75) is 39.8 Å². The summed E-state index contributed by atoms with van der Waals surface area (Å²) >= 11 is 0. The van der Waals surface area contributed by atoms with Gasteiger partial charge in [-0.25, -0.2) is 0 Å². The smallest absolute Gasteiger partial charge is 0.286 e. The van der Waals surface area contributed by atoms with Gasteiger partial charge in [0.05, 0.1) is 0 Å². The molecule has 3 heteroatoms. The summed E-state index contributed by atoms with van der Waals surface area (Å²) in [5, 5.41) is 2.92. The van der Waals surface area contributed by atoms with Crippen molar-refractivity contribution in [3.05, 3.63) is 30.1 Å². The normalized spacial score (nSPS) is 11.2. The van der Waals surface area contributed by atoms with Crippen LogP contribution in [0, 0.1) is 6.92 Å². The Kier molecular flexibility index (Phi) is 3.45. The van der Waals surface area contributed by atoms with Gasteiger partial charge in [0.2, 0.25) is 6.54 Å². The van der Waals surface area contributed by atoms with Crippen molar-refractivity contribution in [1.29, 1.82) is 0 Å². The Labute approximate surface area is 91.1 Å². The number of nitrogens with one attached hydrogen (secondary N) is 1. The number of rotatable bonds is 2. The van der Waals surface area contributed by atoms with Gasteiger partial charge in [0, 0.05) is 17.7 Å². The fourth-order valence-corrected chi connectivity index (χ4v) is 1.26. The summed E-state index contributed by atoms with van der Waals surface area (Å²) in [5.74, 6) is 0.0383. The molecule has 15 heavy (non-hydrogen) atoms. The zero-order valence-electron chi connectivity index (χ0n) is 9.87. The Hall–Kier alpha value is -1.38. The fourth-order valence-electron chi connectivity index (χ4n) is 1.26. The largest absolute Gasteiger partial charge is 0.346 e. The third-order valence-corrected chi connectivity index (χ3v) is 1.90. The molecule has 0 aliphatic rings. The van der Waals surface area contributed by atoms with E-state index >= 15 is 0 Å². The summed E-state index contributed by atoms with van der Waals surface area (Å²) in [6.45, 7) is 8.33. The van der Waals surface area contributed by atoms with Crippen molar-refractivity contribution in [2.75, 3.05) is 0 Å². The minimum atomic E-state index is -0.164. The Morgan fingerprint density at radius 3 is 2.33 bits per heavy atom. The number of pyridine rings is 1. The number of nitrogens with zero attached hydrogens (tertiary/aromatic N) is 1. The monoisotopic (exact) mass is 207 g/mol. The molecular formula is C12H19N2O+. The molecular weight excluding hydrogens is 188 g/mol. The van der Waals surface area contributed by atoms with E-state index in [0.29, 0.717) is 6.54 Å². The van der Waals surface area contributed by atoms with Crippen LogP contribution in [0.5, 0.6) is 0 Å². The number of hydrogen-bond donors (Lipinski definition) is 1. The van der Waals surface area contributed by atoms with E-state index in [9.17, 15) is 4.79 Å². The van der Waals surface area contributed by atoms with Crippen LogP contribution in [0.2, 0.25) is 0 Å². The van der Waals surface area contributed by atoms with Gasteiger partial charge >= 0.3 is 0 Å². The number of aromatic nitrogens is 1. The third-order valence-electron chi connectivity index (χ3n) is 1.90. The minimum Gasteiger partial charge on any atom is -0.346 e. The van der Waals surface area contributed by atoms with Crippen LogP contribution in [0.25, 0.3) is 0 Å². The molecule has 1 N–H and O–H groups in total. The summed E-state index contributed by atoms with van der Waals surface area (Å²) in [6.07, 6.45) is 3.83. The number of amides is 1. The van der Waals surface area contributed by atoms with Crippen molar-refractivity contribution in [1.82, 2.24) is 5.32 Å². The zero-order valence-corrected chi connectivity index (χ0v) is 9.87. The molecule has 0 saturated carbocycles. The Balaban J connectivity index is 2.55. The highest BCUT2D eigenvalue weighted by atomic mass is 16.2. The number of hydrogen-bond acceptors (Lipinski definition) is 1. The lowest BCUT2D eigenvalue weighted by Crippen LogP contribution is -2.48. The van der Waals surface area contributed by atoms with Crippen molar-refractivity contribution < 1.29 is 9.36 Å². The van der Waals surface area contributed by atoms with Gasteiger partial charge in [0.25, 0.3) is 5.91 Å². The molecule has 0 aliphatic carbocycles. The van der Waals surface area contributed by atoms with Crippen LogP contribution < -0.4 is 9.88 Å². The first kappa shape index (κ1) is 11.7. The number of aryl methyl sites for hydroxylation is 1. The van der Waals surface area contributed by atoms with Gasteiger partial charge in [-0.05, 0) is 33.3 Å². The van der Waals surface area contributed by atoms with Crippen LogP contribution in [0.1, 0.15) is 26.3 Å². The second-order valence-electron chi connectivity index (χ2n) is 4.85. The van der Waals surface area contributed by atoms with Gasteiger partial charge in [0.1, 0.15) is 0 Å². The standard InChI is InChI=1S/C12H18N2O/c1-10-5-7-14(8-6-10)9-11(15)13-12(2,3)4/h5-8H,9H2,1-4H3/p+1. The van der Waals surface area contributed by atoms with Crippen LogP contribution in [0.3, 0.4) is 0 Å². The quantitative estimate of drug-likeness (QED) is 0.726. The van der Waals surface area contributed by atoms with Crippen LogP contribution in [-0.2, 0) is 11.3 Å². The highest BCUT2D eigenvalue weighted by molar-refractivity contribution is 5.75. The van der Waals surface area contributed by atoms with E-state index in [-0.39, 0.29) is 11.4 Å². The van der Waals surface area contributed by atoms with Crippen molar-refractivity contribution in [3.8, 4) is 0 Å². The van der Waals surface area contributed by atoms with Crippen LogP contribution >= 0.6 is 0 Å². The first-order chi connectivity index (χ1) is 6.87. The van der Waals surface area contributed by atoms with E-state index in [2.05, 4.69) is 5.32 Å². The predicted molar refractivity (Wildman–Crippen MR) is 59.3 cm³/mol. The summed E-state index contributed by atoms with van der Waals surface area (Å²) in [5.41, 5.74) is 1.03. The second kappa shape index (κ2) is 4.43. The molecule has 0 bridgehead atoms. The first-order valence-electron chi connectivity index (χ1n) is 5.13. The average Bonchev–Trinajstić information content (AvgIpc) is 2.05. The summed E-state index contributed by atoms with van der Waals surface area (Å²) in [6, 6.07) is 3.98. The minimum absolute atomic E-state index is 0.0383. The van der Waals surface area contributed by atoms with Crippen LogP contribution in [-0.4, -0.2) is 11.4 Å². The lowest BCUT2D eigenvalue weighted by Gasteiger charge is -2.19. The van der Waals surface area contributed by atoms with Gasteiger partial charge in [-0.3, -0.25) is 4.79 Å². The molecule has 0 unspecified atom stereocenters. The third kappa shape index (κ3) is 4.58. The van der Waals surface area contributed by atoms with Gasteiger partial charge in [-0.15, -0.1) is 0 Å². The Morgan fingerprint density at radius 1 is 1.33 bits per heavy atom. The molecule has 0 spiro atoms. The van der Waals surface area contributed by atoms with Gasteiger partial charge in [0.15, 0.2) is 12.4 Å². The molecule has 0 atom stereocenters. The molecule has 3 nitrogen and oxygen atoms in total. The maximum Gasteiger partial charge on any atom is 0.286 e. The summed E-state index contributed by atoms with van der Waals surface area (Å²) < 4.78 is 1.87. The highest BCUT2D eigenvalue weighted by Crippen LogP contribution is 1.97. The van der Waals surface area contributed by atoms with Crippen molar-refractivity contribution >= 4 is 5.91 Å². The molecule has 0 fully saturated rings. The fraction of sp³-hybridized carbons (Fsp3) is 0.500. The van der Waals surface area contributed by atoms with Crippen molar-refractivity contribution in [3.63, 3.8) is 0 Å². The molecule has 1 heterocycles. The lowest BCUT2D eigenvalue weighted by atomic mass is 10.1. The lowest BCUT2D eigenvalue weighted by molar-refractivity contribution is -0.684. The Morgan fingerprint density at radius 2 is 1.87 bits per heavy atom. The van der Waals surface area contributed by atoms with E-state index in [1.165, 1.54) is 5.56 Å². The zero-order chi connectivity index (χ0) is 11.5. The summed E-state index contributed by atoms with van der Waals surface area (Å²) in [4.78, 5) is 11.6. The highest BCUT2D eigenvalue weighted by Gasteiger charge is 2.16. The maximum absolute atomic E-state index is 11.6. The molecule has 0 radical (unpaired) electrons. The Bertz CT molecular complexity index is 336. The molecule has 1 aromatic heterocycles. The average molecular weight is 207 g/mol. The SMILES string of the molecule is Cc1cc[n+](CC(=O)NC(C)(C)C)cc1. The van der Waals surface area contributed by atoms with Crippen LogP contribution in [0.15, 0.2) is 24.5 Å². The summed E-state index contributed by atoms with van der Waals surface area (Å²) in [7, 11) is 0. The van der Waals surface area contributed by atoms with E-state index in [1.807, 2.05) is 56.8 Å². The predicted octanol–water partition coefficient (Wildman–Crippen LogP) is 1.20. The number of carbonyl (C=O) groups excluding carboxylic acids is 1. The van der Waals surface area contributed by atoms with Crippen molar-refractivity contribution in [2.24, 2.45) is 0 Å². The van der Waals surface area contributed by atoms with Gasteiger partial charge in [-0.1, -0.05) is 0 Å². The topological polar surface area (TPSA) is 33.0 Å². The van der Waals surface area contributed by atoms with E-state index in [1.54, 1.807) is 0 Å². The van der Waals surface area contributed by atoms with E-state index < -0.39 is 0 Å². The second-order valence-corrected chi connectivity index (χ2v) is 4.85. The first-order valence-corrected chi connectivity index (χ1v) is 5.13. The van der Waals surface area contributed by atoms with E-state index in [4.69, 9.17) is 0 Å². The molecule has 1 amide bonds. The molecule has 0 aromatic carbocycles. The molecule has 82 valence electrons. The number of carbonyl (C=O) groups is 1. The van der Waals surface area contributed by atoms with Gasteiger partial charge < -0.3 is 5.32 Å². The van der Waals surface area contributed by atoms with Gasteiger partial charge in [-0.2, -0.15) is 4.57 Å². The van der Waals surface area contributed by atoms with Crippen LogP contribution in [0.4, 0.5) is 0 Å². The van der Waals surface area contributed by atoms with E-state index in [0.717, 1.165) is 0 Å². The molecule has 1 aromatic rings. The molecule has 1 rings (SSSR count). The molecule has 0 aliphatic heterocycles.